The number of ether oxygens (including phenoxy) is 1. The molecule has 1 saturated heterocycles. The molecule has 0 bridgehead atoms. The van der Waals surface area contributed by atoms with Crippen molar-refractivity contribution in [1.82, 2.24) is 10.6 Å². The van der Waals surface area contributed by atoms with Crippen LogP contribution in [0, 0.1) is 0 Å². The number of carbonyl (C=O) groups is 2. The molecule has 1 aliphatic heterocycles. The van der Waals surface area contributed by atoms with Crippen LogP contribution in [-0.4, -0.2) is 59.2 Å². The van der Waals surface area contributed by atoms with E-state index in [2.05, 4.69) is 23.3 Å². The predicted octanol–water partition coefficient (Wildman–Crippen LogP) is 0.158. The van der Waals surface area contributed by atoms with E-state index < -0.39 is 12.3 Å². The summed E-state index contributed by atoms with van der Waals surface area (Å²) in [7, 11) is 0. The summed E-state index contributed by atoms with van der Waals surface area (Å²) in [5.41, 5.74) is 0. The zero-order valence-corrected chi connectivity index (χ0v) is 13.9. The van der Waals surface area contributed by atoms with Gasteiger partial charge in [-0.15, -0.1) is 0 Å². The van der Waals surface area contributed by atoms with E-state index in [9.17, 15) is 14.7 Å². The Hall–Kier alpha value is -0.440. The van der Waals surface area contributed by atoms with Crippen LogP contribution in [0.1, 0.15) is 26.2 Å². The van der Waals surface area contributed by atoms with Crippen molar-refractivity contribution in [3.8, 4) is 0 Å². The number of rotatable bonds is 9. The highest BCUT2D eigenvalue weighted by Gasteiger charge is 2.25. The number of hydrogen-bond acceptors (Lipinski definition) is 6. The molecule has 3 atom stereocenters. The molecular weight excluding hydrogens is 312 g/mol. The second kappa shape index (κ2) is 10.3. The molecule has 3 N–H and O–H groups in total. The van der Waals surface area contributed by atoms with Crippen LogP contribution < -0.4 is 10.6 Å². The molecule has 0 saturated carbocycles. The summed E-state index contributed by atoms with van der Waals surface area (Å²) >= 11 is 5.59. The average Bonchev–Trinajstić information content (AvgIpc) is 2.88. The third kappa shape index (κ3) is 7.39. The monoisotopic (exact) mass is 336 g/mol. The Bertz CT molecular complexity index is 344. The largest absolute Gasteiger partial charge is 0.368 e. The van der Waals surface area contributed by atoms with Gasteiger partial charge in [-0.3, -0.25) is 9.59 Å². The molecular formula is C13H24N2O4S2. The average molecular weight is 336 g/mol. The van der Waals surface area contributed by atoms with Gasteiger partial charge in [-0.25, -0.2) is 0 Å². The Morgan fingerprint density at radius 1 is 1.48 bits per heavy atom. The van der Waals surface area contributed by atoms with Gasteiger partial charge in [-0.1, -0.05) is 6.92 Å². The van der Waals surface area contributed by atoms with Crippen LogP contribution in [0.4, 0.5) is 0 Å². The molecule has 0 spiro atoms. The Kier molecular flexibility index (Phi) is 9.14. The number of amides is 2. The zero-order chi connectivity index (χ0) is 15.7. The number of thiol groups is 1. The number of aliphatic hydroxyl groups excluding tert-OH is 1. The molecule has 122 valence electrons. The number of aliphatic hydroxyl groups is 1. The summed E-state index contributed by atoms with van der Waals surface area (Å²) in [5, 5.41) is 14.7. The maximum atomic E-state index is 12.0. The van der Waals surface area contributed by atoms with Gasteiger partial charge in [0.1, 0.15) is 6.04 Å². The normalized spacial score (nSPS) is 22.8. The van der Waals surface area contributed by atoms with Crippen molar-refractivity contribution in [1.29, 1.82) is 0 Å². The molecule has 0 aliphatic carbocycles. The molecule has 6 nitrogen and oxygen atoms in total. The molecule has 1 heterocycles. The fourth-order valence-corrected chi connectivity index (χ4v) is 3.13. The summed E-state index contributed by atoms with van der Waals surface area (Å²) < 4.78 is 5.31. The van der Waals surface area contributed by atoms with Gasteiger partial charge in [0.05, 0.1) is 6.10 Å². The van der Waals surface area contributed by atoms with Gasteiger partial charge in [0, 0.05) is 36.6 Å². The lowest BCUT2D eigenvalue weighted by atomic mass is 10.3. The zero-order valence-electron chi connectivity index (χ0n) is 12.2. The van der Waals surface area contributed by atoms with Crippen molar-refractivity contribution in [3.63, 3.8) is 0 Å². The second-order valence-corrected chi connectivity index (χ2v) is 6.34. The number of nitrogens with one attached hydrogen (secondary N) is 2. The van der Waals surface area contributed by atoms with Gasteiger partial charge in [-0.05, 0) is 6.42 Å². The van der Waals surface area contributed by atoms with E-state index >= 15 is 0 Å². The standard InChI is InChI=1S/C13H24N2O4S2/c1-2-11(16)15-10(13(18)14-5-6-20)8-21-7-9-3-4-12(17)19-9/h9-10,12,17,20H,2-8H2,1H3,(H,14,18)(H,15,16)/t9?,10-,12?/m1/s1. The Morgan fingerprint density at radius 2 is 2.24 bits per heavy atom. The summed E-state index contributed by atoms with van der Waals surface area (Å²) in [4.78, 5) is 23.5. The number of carbonyl (C=O) groups excluding carboxylic acids is 2. The van der Waals surface area contributed by atoms with Crippen molar-refractivity contribution < 1.29 is 19.4 Å². The van der Waals surface area contributed by atoms with Crippen LogP contribution in [-0.2, 0) is 14.3 Å². The van der Waals surface area contributed by atoms with Crippen LogP contribution in [0.25, 0.3) is 0 Å². The van der Waals surface area contributed by atoms with Crippen LogP contribution in [0.5, 0.6) is 0 Å². The minimum atomic E-state index is -0.662. The minimum absolute atomic E-state index is 0.0213. The molecule has 2 unspecified atom stereocenters. The molecule has 1 aliphatic rings. The fourth-order valence-electron chi connectivity index (χ4n) is 1.91. The summed E-state index contributed by atoms with van der Waals surface area (Å²) in [6, 6.07) is -0.548. The molecule has 2 amide bonds. The minimum Gasteiger partial charge on any atom is -0.368 e. The first-order valence-electron chi connectivity index (χ1n) is 7.16. The van der Waals surface area contributed by atoms with Crippen LogP contribution in [0.15, 0.2) is 0 Å². The smallest absolute Gasteiger partial charge is 0.243 e. The van der Waals surface area contributed by atoms with E-state index in [1.54, 1.807) is 18.7 Å². The van der Waals surface area contributed by atoms with E-state index in [1.807, 2.05) is 0 Å². The highest BCUT2D eigenvalue weighted by atomic mass is 32.2. The summed E-state index contributed by atoms with van der Waals surface area (Å²) in [6.45, 7) is 2.22. The lowest BCUT2D eigenvalue weighted by molar-refractivity contribution is -0.128. The lowest BCUT2D eigenvalue weighted by Gasteiger charge is -2.18. The third-order valence-corrected chi connectivity index (χ3v) is 4.46. The van der Waals surface area contributed by atoms with Gasteiger partial charge in [0.15, 0.2) is 6.29 Å². The van der Waals surface area contributed by atoms with Crippen LogP contribution >= 0.6 is 24.4 Å². The van der Waals surface area contributed by atoms with Crippen LogP contribution in [0.2, 0.25) is 0 Å². The first kappa shape index (κ1) is 18.6. The maximum Gasteiger partial charge on any atom is 0.243 e. The molecule has 0 aromatic carbocycles. The highest BCUT2D eigenvalue weighted by Crippen LogP contribution is 2.21. The lowest BCUT2D eigenvalue weighted by Crippen LogP contribution is -2.48. The van der Waals surface area contributed by atoms with E-state index in [-0.39, 0.29) is 17.9 Å². The molecule has 8 heteroatoms. The third-order valence-electron chi connectivity index (χ3n) is 3.06. The van der Waals surface area contributed by atoms with Crippen molar-refractivity contribution in [3.05, 3.63) is 0 Å². The van der Waals surface area contributed by atoms with Gasteiger partial charge in [0.2, 0.25) is 11.8 Å². The Balaban J connectivity index is 2.36. The Morgan fingerprint density at radius 3 is 2.81 bits per heavy atom. The number of thioether (sulfide) groups is 1. The molecule has 0 aromatic heterocycles. The fraction of sp³-hybridized carbons (Fsp3) is 0.846. The SMILES string of the molecule is CCC(=O)N[C@H](CSCC1CCC(O)O1)C(=O)NCCS. The molecule has 0 aromatic rings. The first-order chi connectivity index (χ1) is 10.1. The van der Waals surface area contributed by atoms with Crippen molar-refractivity contribution in [2.24, 2.45) is 0 Å². The predicted molar refractivity (Wildman–Crippen MR) is 86.5 cm³/mol. The quantitative estimate of drug-likeness (QED) is 0.451. The van der Waals surface area contributed by atoms with Gasteiger partial charge < -0.3 is 20.5 Å². The van der Waals surface area contributed by atoms with Crippen molar-refractivity contribution in [2.45, 2.75) is 44.6 Å². The van der Waals surface area contributed by atoms with E-state index in [0.29, 0.717) is 36.6 Å². The highest BCUT2D eigenvalue weighted by molar-refractivity contribution is 7.99. The molecule has 21 heavy (non-hydrogen) atoms. The van der Waals surface area contributed by atoms with E-state index in [0.717, 1.165) is 6.42 Å². The molecule has 0 radical (unpaired) electrons. The van der Waals surface area contributed by atoms with Crippen molar-refractivity contribution in [2.75, 3.05) is 23.8 Å². The molecule has 1 fully saturated rings. The van der Waals surface area contributed by atoms with Gasteiger partial charge >= 0.3 is 0 Å². The topological polar surface area (TPSA) is 87.7 Å². The van der Waals surface area contributed by atoms with Crippen LogP contribution in [0.3, 0.4) is 0 Å². The second-order valence-electron chi connectivity index (χ2n) is 4.82. The summed E-state index contributed by atoms with van der Waals surface area (Å²) in [5.74, 6) is 1.41. The summed E-state index contributed by atoms with van der Waals surface area (Å²) in [6.07, 6.45) is 1.19. The van der Waals surface area contributed by atoms with Crippen molar-refractivity contribution >= 4 is 36.2 Å². The Labute approximate surface area is 135 Å². The van der Waals surface area contributed by atoms with E-state index in [1.165, 1.54) is 0 Å². The van der Waals surface area contributed by atoms with Gasteiger partial charge in [-0.2, -0.15) is 24.4 Å². The molecule has 1 rings (SSSR count). The maximum absolute atomic E-state index is 12.0. The van der Waals surface area contributed by atoms with Gasteiger partial charge in [0.25, 0.3) is 0 Å². The van der Waals surface area contributed by atoms with E-state index in [4.69, 9.17) is 4.74 Å². The number of hydrogen-bond donors (Lipinski definition) is 4. The first-order valence-corrected chi connectivity index (χ1v) is 8.94.